The molecule has 2 heterocycles. The minimum Gasteiger partial charge on any atom is -0.337 e. The molecule has 3 heteroatoms. The Hall–Kier alpha value is -0.570. The van der Waals surface area contributed by atoms with Crippen molar-refractivity contribution in [2.24, 2.45) is 5.73 Å². The van der Waals surface area contributed by atoms with E-state index in [4.69, 9.17) is 5.73 Å². The van der Waals surface area contributed by atoms with Crippen molar-refractivity contribution in [2.45, 2.75) is 57.2 Å². The third-order valence-electron chi connectivity index (χ3n) is 3.24. The van der Waals surface area contributed by atoms with E-state index in [0.29, 0.717) is 18.5 Å². The first-order chi connectivity index (χ1) is 6.18. The van der Waals surface area contributed by atoms with Crippen LogP contribution in [0.1, 0.15) is 39.0 Å². The quantitative estimate of drug-likeness (QED) is 0.689. The monoisotopic (exact) mass is 182 g/mol. The van der Waals surface area contributed by atoms with Gasteiger partial charge >= 0.3 is 0 Å². The van der Waals surface area contributed by atoms with E-state index >= 15 is 0 Å². The van der Waals surface area contributed by atoms with Crippen LogP contribution in [0.15, 0.2) is 0 Å². The lowest BCUT2D eigenvalue weighted by molar-refractivity contribution is -0.132. The van der Waals surface area contributed by atoms with Crippen molar-refractivity contribution in [3.8, 4) is 0 Å². The highest BCUT2D eigenvalue weighted by molar-refractivity contribution is 5.78. The van der Waals surface area contributed by atoms with Crippen molar-refractivity contribution in [1.82, 2.24) is 4.90 Å². The number of hydrogen-bond donors (Lipinski definition) is 1. The molecule has 0 aliphatic carbocycles. The summed E-state index contributed by atoms with van der Waals surface area (Å²) in [6.45, 7) is 1.90. The van der Waals surface area contributed by atoms with Crippen molar-refractivity contribution >= 4 is 5.91 Å². The predicted octanol–water partition coefficient (Wildman–Crippen LogP) is 0.877. The molecule has 1 unspecified atom stereocenters. The van der Waals surface area contributed by atoms with Crippen LogP contribution in [-0.2, 0) is 4.79 Å². The van der Waals surface area contributed by atoms with E-state index in [1.54, 1.807) is 0 Å². The number of rotatable bonds is 2. The van der Waals surface area contributed by atoms with Crippen LogP contribution in [0.4, 0.5) is 0 Å². The molecular weight excluding hydrogens is 164 g/mol. The molecule has 13 heavy (non-hydrogen) atoms. The van der Waals surface area contributed by atoms with Crippen molar-refractivity contribution < 1.29 is 4.79 Å². The standard InChI is InChI=1S/C10H18N2O/c1-7(11)6-10(13)12-8-2-3-9(12)5-4-8/h7-9H,2-6,11H2,1H3. The SMILES string of the molecule is CC(N)CC(=O)N1C2CCC1CC2. The lowest BCUT2D eigenvalue weighted by Gasteiger charge is -2.22. The molecule has 0 radical (unpaired) electrons. The number of fused-ring (bicyclic) bond motifs is 2. The second kappa shape index (κ2) is 3.29. The van der Waals surface area contributed by atoms with Gasteiger partial charge in [-0.25, -0.2) is 0 Å². The zero-order chi connectivity index (χ0) is 9.42. The summed E-state index contributed by atoms with van der Waals surface area (Å²) in [5, 5.41) is 0. The summed E-state index contributed by atoms with van der Waals surface area (Å²) in [5.41, 5.74) is 5.62. The Bertz CT molecular complexity index is 195. The fourth-order valence-corrected chi connectivity index (χ4v) is 2.70. The molecule has 1 amide bonds. The van der Waals surface area contributed by atoms with Gasteiger partial charge in [0.2, 0.25) is 5.91 Å². The van der Waals surface area contributed by atoms with Gasteiger partial charge in [-0.05, 0) is 32.6 Å². The summed E-state index contributed by atoms with van der Waals surface area (Å²) in [5.74, 6) is 0.278. The zero-order valence-electron chi connectivity index (χ0n) is 8.20. The van der Waals surface area contributed by atoms with E-state index in [1.807, 2.05) is 6.92 Å². The van der Waals surface area contributed by atoms with Gasteiger partial charge in [0.15, 0.2) is 0 Å². The number of nitrogens with zero attached hydrogens (tertiary/aromatic N) is 1. The Labute approximate surface area is 79.3 Å². The van der Waals surface area contributed by atoms with Crippen LogP contribution in [0, 0.1) is 0 Å². The van der Waals surface area contributed by atoms with Crippen LogP contribution < -0.4 is 5.73 Å². The zero-order valence-corrected chi connectivity index (χ0v) is 8.20. The van der Waals surface area contributed by atoms with Gasteiger partial charge < -0.3 is 10.6 Å². The van der Waals surface area contributed by atoms with Gasteiger partial charge in [-0.2, -0.15) is 0 Å². The van der Waals surface area contributed by atoms with Crippen molar-refractivity contribution in [3.05, 3.63) is 0 Å². The molecule has 0 aromatic carbocycles. The second-order valence-electron chi connectivity index (χ2n) is 4.44. The van der Waals surface area contributed by atoms with Crippen molar-refractivity contribution in [3.63, 3.8) is 0 Å². The third kappa shape index (κ3) is 1.57. The molecule has 2 saturated heterocycles. The van der Waals surface area contributed by atoms with Gasteiger partial charge in [-0.1, -0.05) is 0 Å². The molecule has 2 aliphatic rings. The highest BCUT2D eigenvalue weighted by atomic mass is 16.2. The van der Waals surface area contributed by atoms with Gasteiger partial charge in [0, 0.05) is 24.5 Å². The molecule has 74 valence electrons. The molecule has 0 spiro atoms. The number of carbonyl (C=O) groups excluding carboxylic acids is 1. The summed E-state index contributed by atoms with van der Waals surface area (Å²) in [6, 6.07) is 1.11. The molecule has 2 aliphatic heterocycles. The smallest absolute Gasteiger partial charge is 0.224 e. The summed E-state index contributed by atoms with van der Waals surface area (Å²) in [6.07, 6.45) is 5.39. The summed E-state index contributed by atoms with van der Waals surface area (Å²) < 4.78 is 0. The Morgan fingerprint density at radius 2 is 1.85 bits per heavy atom. The highest BCUT2D eigenvalue weighted by Crippen LogP contribution is 2.37. The first kappa shape index (κ1) is 9.00. The van der Waals surface area contributed by atoms with Gasteiger partial charge in [0.05, 0.1) is 0 Å². The molecule has 2 N–H and O–H groups in total. The first-order valence-electron chi connectivity index (χ1n) is 5.25. The third-order valence-corrected chi connectivity index (χ3v) is 3.24. The average Bonchev–Trinajstić information content (AvgIpc) is 2.60. The Morgan fingerprint density at radius 3 is 2.23 bits per heavy atom. The van der Waals surface area contributed by atoms with Crippen LogP contribution in [0.3, 0.4) is 0 Å². The minimum absolute atomic E-state index is 0.00694. The molecule has 2 rings (SSSR count). The second-order valence-corrected chi connectivity index (χ2v) is 4.44. The Balaban J connectivity index is 1.97. The first-order valence-corrected chi connectivity index (χ1v) is 5.25. The maximum atomic E-state index is 11.8. The van der Waals surface area contributed by atoms with Gasteiger partial charge in [0.1, 0.15) is 0 Å². The summed E-state index contributed by atoms with van der Waals surface area (Å²) in [4.78, 5) is 13.9. The van der Waals surface area contributed by atoms with E-state index in [2.05, 4.69) is 4.90 Å². The lowest BCUT2D eigenvalue weighted by atomic mass is 10.0. The topological polar surface area (TPSA) is 46.3 Å². The largest absolute Gasteiger partial charge is 0.337 e. The van der Waals surface area contributed by atoms with Crippen LogP contribution >= 0.6 is 0 Å². The lowest BCUT2D eigenvalue weighted by Crippen LogP contribution is -2.38. The van der Waals surface area contributed by atoms with Gasteiger partial charge in [-0.3, -0.25) is 4.79 Å². The number of amides is 1. The van der Waals surface area contributed by atoms with Crippen molar-refractivity contribution in [1.29, 1.82) is 0 Å². The van der Waals surface area contributed by atoms with Gasteiger partial charge in [-0.15, -0.1) is 0 Å². The van der Waals surface area contributed by atoms with E-state index in [1.165, 1.54) is 25.7 Å². The summed E-state index contributed by atoms with van der Waals surface area (Å²) >= 11 is 0. The predicted molar refractivity (Wildman–Crippen MR) is 51.2 cm³/mol. The van der Waals surface area contributed by atoms with Crippen LogP contribution in [0.25, 0.3) is 0 Å². The van der Waals surface area contributed by atoms with E-state index in [9.17, 15) is 4.79 Å². The molecule has 2 fully saturated rings. The number of hydrogen-bond acceptors (Lipinski definition) is 2. The molecule has 3 nitrogen and oxygen atoms in total. The fraction of sp³-hybridized carbons (Fsp3) is 0.900. The molecule has 0 aromatic heterocycles. The van der Waals surface area contributed by atoms with E-state index in [0.717, 1.165) is 0 Å². The highest BCUT2D eigenvalue weighted by Gasteiger charge is 2.41. The number of nitrogens with two attached hydrogens (primary N) is 1. The van der Waals surface area contributed by atoms with Crippen LogP contribution in [0.2, 0.25) is 0 Å². The number of carbonyl (C=O) groups is 1. The maximum Gasteiger partial charge on any atom is 0.224 e. The Kier molecular flexibility index (Phi) is 2.28. The molecular formula is C10H18N2O. The average molecular weight is 182 g/mol. The molecule has 2 bridgehead atoms. The maximum absolute atomic E-state index is 11.8. The molecule has 1 atom stereocenters. The van der Waals surface area contributed by atoms with E-state index in [-0.39, 0.29) is 11.9 Å². The van der Waals surface area contributed by atoms with Gasteiger partial charge in [0.25, 0.3) is 0 Å². The molecule has 0 saturated carbocycles. The molecule has 0 aromatic rings. The van der Waals surface area contributed by atoms with E-state index < -0.39 is 0 Å². The van der Waals surface area contributed by atoms with Crippen molar-refractivity contribution in [2.75, 3.05) is 0 Å². The fourth-order valence-electron chi connectivity index (χ4n) is 2.70. The van der Waals surface area contributed by atoms with Crippen LogP contribution in [0.5, 0.6) is 0 Å². The summed E-state index contributed by atoms with van der Waals surface area (Å²) in [7, 11) is 0. The minimum atomic E-state index is 0.00694. The normalized spacial score (nSPS) is 33.8. The Morgan fingerprint density at radius 1 is 1.38 bits per heavy atom. The van der Waals surface area contributed by atoms with Crippen LogP contribution in [-0.4, -0.2) is 28.9 Å².